The van der Waals surface area contributed by atoms with E-state index in [1.54, 1.807) is 24.3 Å². The van der Waals surface area contributed by atoms with Crippen LogP contribution in [-0.4, -0.2) is 81.5 Å². The third-order valence-electron chi connectivity index (χ3n) is 11.8. The van der Waals surface area contributed by atoms with Crippen molar-refractivity contribution in [1.82, 2.24) is 29.9 Å². The zero-order valence-electron chi connectivity index (χ0n) is 35.0. The van der Waals surface area contributed by atoms with Crippen LogP contribution in [0.15, 0.2) is 58.3 Å². The number of hydrogen-bond donors (Lipinski definition) is 3. The van der Waals surface area contributed by atoms with Crippen molar-refractivity contribution < 1.29 is 45.1 Å². The van der Waals surface area contributed by atoms with Crippen molar-refractivity contribution in [3.05, 3.63) is 65.2 Å². The van der Waals surface area contributed by atoms with Gasteiger partial charge in [0.05, 0.1) is 23.1 Å². The second kappa shape index (κ2) is 15.8. The summed E-state index contributed by atoms with van der Waals surface area (Å²) in [5.74, 6) is -2.51. The van der Waals surface area contributed by atoms with E-state index in [1.807, 2.05) is 46.9 Å². The molecule has 3 fully saturated rings. The molecule has 3 amide bonds. The van der Waals surface area contributed by atoms with Gasteiger partial charge in [0.2, 0.25) is 27.4 Å². The fraction of sp³-hybridized carbons (Fsp3) is 0.488. The Kier molecular flexibility index (Phi) is 11.0. The van der Waals surface area contributed by atoms with E-state index in [-0.39, 0.29) is 59.5 Å². The number of benzene rings is 2. The molecule has 0 radical (unpaired) electrons. The first-order valence-electron chi connectivity index (χ1n) is 20.6. The molecule has 0 unspecified atom stereocenters. The molecule has 3 N–H and O–H groups in total. The predicted octanol–water partition coefficient (Wildman–Crippen LogP) is 7.19. The number of nitrogens with zero attached hydrogens (tertiary/aromatic N) is 4. The number of anilines is 1. The van der Waals surface area contributed by atoms with Gasteiger partial charge in [0.15, 0.2) is 11.0 Å². The van der Waals surface area contributed by atoms with Gasteiger partial charge in [0, 0.05) is 28.2 Å². The van der Waals surface area contributed by atoms with Crippen LogP contribution in [0.1, 0.15) is 84.9 Å². The van der Waals surface area contributed by atoms with Crippen LogP contribution in [0.4, 0.5) is 18.3 Å². The summed E-state index contributed by atoms with van der Waals surface area (Å²) in [5.41, 5.74) is -0.505. The highest BCUT2D eigenvalue weighted by Gasteiger charge is 2.62. The number of hydrogen-bond acceptors (Lipinski definition) is 12. The van der Waals surface area contributed by atoms with Gasteiger partial charge in [-0.05, 0) is 55.4 Å². The van der Waals surface area contributed by atoms with Gasteiger partial charge in [-0.1, -0.05) is 72.2 Å². The number of carbonyl (C=O) groups excluding carboxylic acids is 3. The molecule has 4 heterocycles. The van der Waals surface area contributed by atoms with Crippen LogP contribution in [0.25, 0.3) is 33.5 Å². The Labute approximate surface area is 360 Å². The first-order chi connectivity index (χ1) is 29.2. The second-order valence-corrected chi connectivity index (χ2v) is 20.6. The van der Waals surface area contributed by atoms with Crippen LogP contribution < -0.4 is 20.1 Å². The topological polar surface area (TPSA) is 186 Å². The maximum atomic E-state index is 14.8. The quantitative estimate of drug-likeness (QED) is 0.109. The summed E-state index contributed by atoms with van der Waals surface area (Å²) in [6, 6.07) is 9.44. The molecule has 5 atom stereocenters. The molecule has 2 aliphatic carbocycles. The average molecular weight is 896 g/mol. The Balaban J connectivity index is 1.14. The zero-order valence-corrected chi connectivity index (χ0v) is 36.6. The molecular weight excluding hydrogens is 848 g/mol. The van der Waals surface area contributed by atoms with E-state index < -0.39 is 68.5 Å². The first kappa shape index (κ1) is 43.4. The predicted molar refractivity (Wildman–Crippen MR) is 227 cm³/mol. The molecule has 0 spiro atoms. The average Bonchev–Trinajstić information content (AvgIpc) is 4.04. The summed E-state index contributed by atoms with van der Waals surface area (Å²) in [6.45, 7) is 11.6. The van der Waals surface area contributed by atoms with Gasteiger partial charge in [-0.25, -0.2) is 18.4 Å². The molecule has 8 rings (SSSR count). The number of thiazole rings is 1. The molecule has 3 aromatic heterocycles. The molecule has 2 aromatic carbocycles. The van der Waals surface area contributed by atoms with Gasteiger partial charge in [0.25, 0.3) is 11.8 Å². The number of halogens is 3. The van der Waals surface area contributed by atoms with E-state index in [0.29, 0.717) is 40.9 Å². The number of nitrogens with one attached hydrogen (secondary N) is 3. The van der Waals surface area contributed by atoms with Crippen molar-refractivity contribution in [2.45, 2.75) is 114 Å². The van der Waals surface area contributed by atoms with E-state index in [1.165, 1.54) is 28.4 Å². The number of amides is 3. The van der Waals surface area contributed by atoms with Crippen LogP contribution in [0.3, 0.4) is 0 Å². The molecule has 0 bridgehead atoms. The maximum Gasteiger partial charge on any atom is 0.416 e. The number of fused-ring (bicyclic) bond motifs is 3. The van der Waals surface area contributed by atoms with Crippen molar-refractivity contribution in [2.75, 3.05) is 11.9 Å². The Morgan fingerprint density at radius 2 is 1.74 bits per heavy atom. The summed E-state index contributed by atoms with van der Waals surface area (Å²) in [7, 11) is -3.92. The van der Waals surface area contributed by atoms with Crippen molar-refractivity contribution in [2.24, 2.45) is 11.8 Å². The molecule has 330 valence electrons. The molecule has 19 heteroatoms. The van der Waals surface area contributed by atoms with Crippen LogP contribution in [-0.2, 0) is 36.0 Å². The molecule has 1 aliphatic heterocycles. The largest absolute Gasteiger partial charge is 0.470 e. The number of aromatic nitrogens is 3. The number of ether oxygens (including phenoxy) is 1. The summed E-state index contributed by atoms with van der Waals surface area (Å²) >= 11 is 1.36. The van der Waals surface area contributed by atoms with Crippen molar-refractivity contribution in [3.63, 3.8) is 0 Å². The minimum absolute atomic E-state index is 0.0510. The lowest BCUT2D eigenvalue weighted by atomic mass is 9.93. The Bertz CT molecular complexity index is 2660. The number of rotatable bonds is 13. The van der Waals surface area contributed by atoms with Gasteiger partial charge < -0.3 is 24.7 Å². The number of carbonyl (C=O) groups is 3. The van der Waals surface area contributed by atoms with Gasteiger partial charge in [0.1, 0.15) is 34.8 Å². The van der Waals surface area contributed by atoms with E-state index >= 15 is 0 Å². The van der Waals surface area contributed by atoms with E-state index in [2.05, 4.69) is 25.3 Å². The van der Waals surface area contributed by atoms with E-state index in [0.717, 1.165) is 17.8 Å². The lowest BCUT2D eigenvalue weighted by molar-refractivity contribution is -0.140. The summed E-state index contributed by atoms with van der Waals surface area (Å²) in [4.78, 5) is 58.5. The summed E-state index contributed by atoms with van der Waals surface area (Å²) < 4.78 is 81.1. The lowest BCUT2D eigenvalue weighted by Gasteiger charge is -2.31. The van der Waals surface area contributed by atoms with Gasteiger partial charge in [-0.3, -0.25) is 19.1 Å². The monoisotopic (exact) mass is 895 g/mol. The van der Waals surface area contributed by atoms with Crippen molar-refractivity contribution in [3.8, 4) is 17.3 Å². The number of para-hydroxylation sites is 1. The van der Waals surface area contributed by atoms with Crippen LogP contribution in [0.5, 0.6) is 5.88 Å². The summed E-state index contributed by atoms with van der Waals surface area (Å²) in [6.07, 6.45) is -3.91. The first-order valence-corrected chi connectivity index (χ1v) is 23.1. The minimum Gasteiger partial charge on any atom is -0.470 e. The van der Waals surface area contributed by atoms with Gasteiger partial charge >= 0.3 is 6.18 Å². The lowest BCUT2D eigenvalue weighted by Crippen LogP contribution is -2.58. The van der Waals surface area contributed by atoms with Crippen LogP contribution in [0, 0.1) is 11.8 Å². The molecular formula is C43H48F3N7O7S2. The van der Waals surface area contributed by atoms with E-state index in [9.17, 15) is 36.0 Å². The van der Waals surface area contributed by atoms with Gasteiger partial charge in [-0.2, -0.15) is 18.2 Å². The summed E-state index contributed by atoms with van der Waals surface area (Å²) in [5, 5.41) is 8.56. The zero-order chi connectivity index (χ0) is 44.5. The number of likely N-dealkylation sites (tertiary alicyclic amines) is 1. The SMILES string of the molecule is CC[C@@H]1C[C@]1(NC(=O)[C@@H]1C[C@@H](Oc2nc(-c3ccc(C(F)(F)F)cc3)nc3c2oc2ccccc23)CN1C(=O)[C@@H](Nc1nc(C(C)(C)C)cs1)C(C)C)C(=O)NS(=O)(=O)C1CC1. The third kappa shape index (κ3) is 8.44. The second-order valence-electron chi connectivity index (χ2n) is 17.8. The minimum atomic E-state index is -4.55. The highest BCUT2D eigenvalue weighted by molar-refractivity contribution is 7.91. The van der Waals surface area contributed by atoms with Crippen LogP contribution >= 0.6 is 11.3 Å². The standard InChI is InChI=1S/C43H48F3N7O7S2/c1-7-24-19-42(24,39(56)52-62(57,58)27-16-17-27)51-36(54)29-18-26(20-53(29)38(55)32(22(2)3)49-40-47-31(21-61-40)41(4,5)6)59-37-34-33(28-10-8-9-11-30(28)60-34)48-35(50-37)23-12-14-25(15-13-23)43(44,45)46/h8-15,21-22,24,26-27,29,32H,7,16-20H2,1-6H3,(H,47,49)(H,51,54)(H,52,56)/t24-,26-,29+,32+,42-/m1/s1. The third-order valence-corrected chi connectivity index (χ3v) is 14.4. The fourth-order valence-electron chi connectivity index (χ4n) is 7.92. The highest BCUT2D eigenvalue weighted by atomic mass is 32.2. The molecule has 2 saturated carbocycles. The fourth-order valence-corrected chi connectivity index (χ4v) is 10.3. The van der Waals surface area contributed by atoms with Crippen molar-refractivity contribution >= 4 is 66.3 Å². The molecule has 14 nitrogen and oxygen atoms in total. The molecule has 62 heavy (non-hydrogen) atoms. The molecule has 5 aromatic rings. The van der Waals surface area contributed by atoms with Crippen molar-refractivity contribution in [1.29, 1.82) is 0 Å². The Morgan fingerprint density at radius 1 is 1.03 bits per heavy atom. The highest BCUT2D eigenvalue weighted by Crippen LogP contribution is 2.47. The number of alkyl halides is 3. The Morgan fingerprint density at radius 3 is 2.35 bits per heavy atom. The normalized spacial score (nSPS) is 22.2. The number of furan rings is 1. The van der Waals surface area contributed by atoms with Crippen LogP contribution in [0.2, 0.25) is 0 Å². The molecule has 3 aliphatic rings. The number of sulfonamides is 1. The smallest absolute Gasteiger partial charge is 0.416 e. The Hall–Kier alpha value is -5.30. The maximum absolute atomic E-state index is 14.8. The van der Waals surface area contributed by atoms with Gasteiger partial charge in [-0.15, -0.1) is 11.3 Å². The van der Waals surface area contributed by atoms with E-state index in [4.69, 9.17) is 14.1 Å². The molecule has 1 saturated heterocycles.